The van der Waals surface area contributed by atoms with Crippen molar-refractivity contribution in [1.29, 1.82) is 0 Å². The van der Waals surface area contributed by atoms with Crippen LogP contribution in [0.4, 0.5) is 0 Å². The van der Waals surface area contributed by atoms with Crippen LogP contribution in [0, 0.1) is 17.3 Å². The maximum Gasteiger partial charge on any atom is 0.0916 e. The molecule has 0 aromatic rings. The lowest BCUT2D eigenvalue weighted by atomic mass is 9.77. The number of epoxide rings is 1. The molecule has 0 bridgehead atoms. The Bertz CT molecular complexity index is 219. The quantitative estimate of drug-likeness (QED) is 0.545. The highest BCUT2D eigenvalue weighted by atomic mass is 16.6. The minimum Gasteiger partial charge on any atom is -0.370 e. The minimum absolute atomic E-state index is 0.309. The van der Waals surface area contributed by atoms with Gasteiger partial charge in [-0.25, -0.2) is 0 Å². The Balaban J connectivity index is 1.70. The fourth-order valence-electron chi connectivity index (χ4n) is 3.05. The summed E-state index contributed by atoms with van der Waals surface area (Å²) in [6, 6.07) is 0. The molecule has 2 saturated carbocycles. The van der Waals surface area contributed by atoms with E-state index in [1.807, 2.05) is 0 Å². The summed E-state index contributed by atoms with van der Waals surface area (Å²) in [5.41, 5.74) is 1.08. The predicted molar refractivity (Wildman–Crippen MR) is 47.9 cm³/mol. The molecule has 1 saturated heterocycles. The first-order valence-electron chi connectivity index (χ1n) is 5.26. The smallest absolute Gasteiger partial charge is 0.0916 e. The predicted octanol–water partition coefficient (Wildman–Crippen LogP) is 2.60. The van der Waals surface area contributed by atoms with Gasteiger partial charge in [0.1, 0.15) is 0 Å². The summed E-state index contributed by atoms with van der Waals surface area (Å²) in [5, 5.41) is 0. The van der Waals surface area contributed by atoms with Crippen LogP contribution in [0.2, 0.25) is 0 Å². The fraction of sp³-hybridized carbons (Fsp3) is 1.00. The van der Waals surface area contributed by atoms with Crippen molar-refractivity contribution in [1.82, 2.24) is 0 Å². The van der Waals surface area contributed by atoms with Gasteiger partial charge in [0, 0.05) is 0 Å². The molecule has 3 rings (SSSR count). The van der Waals surface area contributed by atoms with Crippen LogP contribution in [-0.2, 0) is 4.74 Å². The van der Waals surface area contributed by atoms with Gasteiger partial charge in [0.05, 0.1) is 12.2 Å². The molecular weight excluding hydrogens is 148 g/mol. The molecule has 1 heteroatoms. The lowest BCUT2D eigenvalue weighted by Gasteiger charge is -2.28. The molecule has 4 atom stereocenters. The highest BCUT2D eigenvalue weighted by Gasteiger charge is 2.58. The van der Waals surface area contributed by atoms with Crippen LogP contribution in [-0.4, -0.2) is 12.2 Å². The van der Waals surface area contributed by atoms with Gasteiger partial charge in [-0.3, -0.25) is 0 Å². The molecule has 0 amide bonds. The molecule has 1 nitrogen and oxygen atoms in total. The van der Waals surface area contributed by atoms with E-state index in [0.29, 0.717) is 5.60 Å². The van der Waals surface area contributed by atoms with E-state index < -0.39 is 0 Å². The van der Waals surface area contributed by atoms with E-state index in [0.717, 1.165) is 23.9 Å². The first kappa shape index (κ1) is 7.37. The summed E-state index contributed by atoms with van der Waals surface area (Å²) >= 11 is 0. The van der Waals surface area contributed by atoms with Crippen molar-refractivity contribution in [2.24, 2.45) is 17.3 Å². The third kappa shape index (κ3) is 0.891. The van der Waals surface area contributed by atoms with Gasteiger partial charge in [0.25, 0.3) is 0 Å². The summed E-state index contributed by atoms with van der Waals surface area (Å²) in [6.07, 6.45) is 5.83. The number of ether oxygens (including phenoxy) is 1. The number of fused-ring (bicyclic) bond motifs is 1. The lowest BCUT2D eigenvalue weighted by Crippen LogP contribution is -2.26. The molecule has 3 aliphatic rings. The molecule has 1 aliphatic heterocycles. The standard InChI is InChI=1S/C11H18O/c1-10-4-3-8(5-9(10)6-10)11(2)7-12-11/h8-9H,3-7H2,1-2H3. The topological polar surface area (TPSA) is 12.5 Å². The summed E-state index contributed by atoms with van der Waals surface area (Å²) in [6.45, 7) is 5.79. The summed E-state index contributed by atoms with van der Waals surface area (Å²) < 4.78 is 5.54. The van der Waals surface area contributed by atoms with E-state index >= 15 is 0 Å². The zero-order valence-corrected chi connectivity index (χ0v) is 8.10. The van der Waals surface area contributed by atoms with Gasteiger partial charge in [-0.1, -0.05) is 6.92 Å². The Hall–Kier alpha value is -0.0400. The maximum absolute atomic E-state index is 5.54. The summed E-state index contributed by atoms with van der Waals surface area (Å²) in [4.78, 5) is 0. The largest absolute Gasteiger partial charge is 0.370 e. The molecule has 0 aromatic heterocycles. The number of hydrogen-bond donors (Lipinski definition) is 0. The molecule has 3 fully saturated rings. The molecule has 2 aliphatic carbocycles. The van der Waals surface area contributed by atoms with E-state index in [4.69, 9.17) is 4.74 Å². The molecule has 68 valence electrons. The van der Waals surface area contributed by atoms with Crippen molar-refractivity contribution in [3.8, 4) is 0 Å². The van der Waals surface area contributed by atoms with Gasteiger partial charge in [0.15, 0.2) is 0 Å². The Morgan fingerprint density at radius 3 is 2.58 bits per heavy atom. The second kappa shape index (κ2) is 1.89. The maximum atomic E-state index is 5.54. The van der Waals surface area contributed by atoms with E-state index in [-0.39, 0.29) is 0 Å². The van der Waals surface area contributed by atoms with Crippen molar-refractivity contribution >= 4 is 0 Å². The number of hydrogen-bond acceptors (Lipinski definition) is 1. The molecule has 12 heavy (non-hydrogen) atoms. The average molecular weight is 166 g/mol. The molecule has 0 N–H and O–H groups in total. The van der Waals surface area contributed by atoms with Gasteiger partial charge >= 0.3 is 0 Å². The second-order valence-corrected chi connectivity index (χ2v) is 5.63. The van der Waals surface area contributed by atoms with E-state index in [1.54, 1.807) is 0 Å². The van der Waals surface area contributed by atoms with Crippen molar-refractivity contribution in [3.63, 3.8) is 0 Å². The Kier molecular flexibility index (Phi) is 1.16. The molecule has 0 spiro atoms. The first-order valence-corrected chi connectivity index (χ1v) is 5.26. The summed E-state index contributed by atoms with van der Waals surface area (Å²) in [5.74, 6) is 1.94. The van der Waals surface area contributed by atoms with Crippen LogP contribution in [0.1, 0.15) is 39.5 Å². The van der Waals surface area contributed by atoms with E-state index in [2.05, 4.69) is 13.8 Å². The van der Waals surface area contributed by atoms with E-state index in [1.165, 1.54) is 25.7 Å². The fourth-order valence-corrected chi connectivity index (χ4v) is 3.05. The Morgan fingerprint density at radius 1 is 1.25 bits per heavy atom. The number of rotatable bonds is 1. The average Bonchev–Trinajstić information content (AvgIpc) is 2.86. The molecule has 0 aromatic carbocycles. The molecule has 1 heterocycles. The third-order valence-electron chi connectivity index (χ3n) is 4.63. The van der Waals surface area contributed by atoms with Crippen molar-refractivity contribution in [2.75, 3.05) is 6.61 Å². The minimum atomic E-state index is 0.309. The van der Waals surface area contributed by atoms with Gasteiger partial charge < -0.3 is 4.74 Å². The van der Waals surface area contributed by atoms with E-state index in [9.17, 15) is 0 Å². The Morgan fingerprint density at radius 2 is 2.00 bits per heavy atom. The van der Waals surface area contributed by atoms with Gasteiger partial charge in [-0.05, 0) is 49.9 Å². The summed E-state index contributed by atoms with van der Waals surface area (Å²) in [7, 11) is 0. The van der Waals surface area contributed by atoms with Gasteiger partial charge in [-0.2, -0.15) is 0 Å². The van der Waals surface area contributed by atoms with Crippen LogP contribution >= 0.6 is 0 Å². The third-order valence-corrected chi connectivity index (χ3v) is 4.63. The second-order valence-electron chi connectivity index (χ2n) is 5.63. The van der Waals surface area contributed by atoms with Crippen molar-refractivity contribution in [2.45, 2.75) is 45.1 Å². The Labute approximate surface area is 74.5 Å². The first-order chi connectivity index (χ1) is 5.62. The van der Waals surface area contributed by atoms with Gasteiger partial charge in [0.2, 0.25) is 0 Å². The van der Waals surface area contributed by atoms with Crippen LogP contribution in [0.5, 0.6) is 0 Å². The normalized spacial score (nSPS) is 62.5. The highest BCUT2D eigenvalue weighted by molar-refractivity contribution is 5.07. The molecule has 0 radical (unpaired) electrons. The van der Waals surface area contributed by atoms with Crippen molar-refractivity contribution in [3.05, 3.63) is 0 Å². The van der Waals surface area contributed by atoms with Crippen LogP contribution in [0.3, 0.4) is 0 Å². The van der Waals surface area contributed by atoms with Crippen LogP contribution < -0.4 is 0 Å². The lowest BCUT2D eigenvalue weighted by molar-refractivity contribution is 0.165. The van der Waals surface area contributed by atoms with Gasteiger partial charge in [-0.15, -0.1) is 0 Å². The highest BCUT2D eigenvalue weighted by Crippen LogP contribution is 2.64. The van der Waals surface area contributed by atoms with Crippen molar-refractivity contribution < 1.29 is 4.74 Å². The van der Waals surface area contributed by atoms with Crippen LogP contribution in [0.25, 0.3) is 0 Å². The molecular formula is C11H18O. The zero-order valence-electron chi connectivity index (χ0n) is 8.10. The van der Waals surface area contributed by atoms with Crippen LogP contribution in [0.15, 0.2) is 0 Å². The molecule has 4 unspecified atom stereocenters. The SMILES string of the molecule is CC12CCC(C3(C)CO3)CC1C2. The monoisotopic (exact) mass is 166 g/mol. The zero-order chi connectivity index (χ0) is 8.40.